The Bertz CT molecular complexity index is 760. The molecule has 0 aliphatic rings. The lowest BCUT2D eigenvalue weighted by atomic mass is 10.1. The number of hydrogen-bond acceptors (Lipinski definition) is 4. The van der Waals surface area contributed by atoms with Gasteiger partial charge in [-0.2, -0.15) is 0 Å². The highest BCUT2D eigenvalue weighted by Gasteiger charge is 2.24. The summed E-state index contributed by atoms with van der Waals surface area (Å²) >= 11 is 11.9. The molecule has 0 heterocycles. The van der Waals surface area contributed by atoms with Crippen LogP contribution < -0.4 is 5.32 Å². The van der Waals surface area contributed by atoms with E-state index in [9.17, 15) is 19.7 Å². The minimum Gasteiger partial charge on any atom is -0.394 e. The van der Waals surface area contributed by atoms with E-state index in [0.717, 1.165) is 5.56 Å². The first-order chi connectivity index (χ1) is 12.3. The zero-order valence-corrected chi connectivity index (χ0v) is 16.5. The number of halogens is 2. The SMILES string of the molecule is O=P(O)(Cc1ccccc1)C[C@@H](O)CNC(CO)c1ccc(Cl)c(Cl)c1. The molecule has 2 aromatic carbocycles. The predicted octanol–water partition coefficient (Wildman–Crippen LogP) is 3.45. The molecule has 0 fully saturated rings. The average Bonchev–Trinajstić information content (AvgIpc) is 2.58. The molecule has 4 N–H and O–H groups in total. The van der Waals surface area contributed by atoms with Crippen molar-refractivity contribution in [3.63, 3.8) is 0 Å². The first kappa shape index (κ1) is 21.4. The van der Waals surface area contributed by atoms with E-state index >= 15 is 0 Å². The van der Waals surface area contributed by atoms with E-state index in [1.807, 2.05) is 6.07 Å². The molecule has 0 spiro atoms. The van der Waals surface area contributed by atoms with E-state index in [-0.39, 0.29) is 25.5 Å². The van der Waals surface area contributed by atoms with E-state index in [1.54, 1.807) is 42.5 Å². The second-order valence-electron chi connectivity index (χ2n) is 6.14. The Labute approximate surface area is 163 Å². The Balaban J connectivity index is 1.90. The van der Waals surface area contributed by atoms with Gasteiger partial charge in [-0.05, 0) is 23.3 Å². The highest BCUT2D eigenvalue weighted by atomic mass is 35.5. The fraction of sp³-hybridized carbons (Fsp3) is 0.333. The lowest BCUT2D eigenvalue weighted by Gasteiger charge is -2.21. The van der Waals surface area contributed by atoms with E-state index in [4.69, 9.17) is 23.2 Å². The maximum atomic E-state index is 12.3. The second-order valence-corrected chi connectivity index (χ2v) is 9.33. The quantitative estimate of drug-likeness (QED) is 0.469. The van der Waals surface area contributed by atoms with Gasteiger partial charge in [-0.25, -0.2) is 0 Å². The van der Waals surface area contributed by atoms with Crippen LogP contribution in [-0.4, -0.2) is 40.5 Å². The Morgan fingerprint density at radius 2 is 1.77 bits per heavy atom. The lowest BCUT2D eigenvalue weighted by molar-refractivity contribution is 0.172. The molecule has 142 valence electrons. The van der Waals surface area contributed by atoms with E-state index in [0.29, 0.717) is 15.6 Å². The van der Waals surface area contributed by atoms with Gasteiger partial charge in [0.25, 0.3) is 0 Å². The summed E-state index contributed by atoms with van der Waals surface area (Å²) in [6.07, 6.45) is -1.23. The molecule has 0 aliphatic carbocycles. The largest absolute Gasteiger partial charge is 0.394 e. The van der Waals surface area contributed by atoms with Gasteiger partial charge < -0.3 is 20.4 Å². The zero-order chi connectivity index (χ0) is 19.2. The third-order valence-corrected chi connectivity index (χ3v) is 6.49. The molecule has 0 saturated heterocycles. The highest BCUT2D eigenvalue weighted by Crippen LogP contribution is 2.44. The summed E-state index contributed by atoms with van der Waals surface area (Å²) in [6.45, 7) is -0.156. The predicted molar refractivity (Wildman–Crippen MR) is 105 cm³/mol. The fourth-order valence-electron chi connectivity index (χ4n) is 2.62. The molecule has 2 aromatic rings. The van der Waals surface area contributed by atoms with Crippen LogP contribution in [0.4, 0.5) is 0 Å². The molecule has 0 bridgehead atoms. The zero-order valence-electron chi connectivity index (χ0n) is 14.1. The third-order valence-electron chi connectivity index (χ3n) is 3.90. The number of rotatable bonds is 9. The molecule has 3 atom stereocenters. The van der Waals surface area contributed by atoms with Gasteiger partial charge in [-0.3, -0.25) is 4.57 Å². The Hall–Kier alpha value is -0.910. The monoisotopic (exact) mass is 417 g/mol. The molecule has 26 heavy (non-hydrogen) atoms. The van der Waals surface area contributed by atoms with Crippen molar-refractivity contribution < 1.29 is 19.7 Å². The fourth-order valence-corrected chi connectivity index (χ4v) is 4.63. The summed E-state index contributed by atoms with van der Waals surface area (Å²) < 4.78 is 12.3. The minimum atomic E-state index is -3.52. The molecule has 8 heteroatoms. The van der Waals surface area contributed by atoms with Crippen LogP contribution in [0.5, 0.6) is 0 Å². The first-order valence-electron chi connectivity index (χ1n) is 8.13. The van der Waals surface area contributed by atoms with Gasteiger partial charge in [0.2, 0.25) is 7.37 Å². The van der Waals surface area contributed by atoms with Crippen LogP contribution in [-0.2, 0) is 10.7 Å². The van der Waals surface area contributed by atoms with Gasteiger partial charge in [-0.1, -0.05) is 59.6 Å². The van der Waals surface area contributed by atoms with Crippen LogP contribution in [0, 0.1) is 0 Å². The van der Waals surface area contributed by atoms with Crippen LogP contribution >= 0.6 is 30.6 Å². The van der Waals surface area contributed by atoms with Gasteiger partial charge in [0.1, 0.15) is 0 Å². The molecule has 2 unspecified atom stereocenters. The number of aliphatic hydroxyl groups is 2. The standard InChI is InChI=1S/C18H22Cl2NO4P/c19-16-7-6-14(8-17(16)20)18(10-22)21-9-15(23)12-26(24,25)11-13-4-2-1-3-5-13/h1-8,15,18,21-23H,9-12H2,(H,24,25)/t15-,18?/m0/s1. The number of nitrogens with one attached hydrogen (secondary N) is 1. The molecular weight excluding hydrogens is 396 g/mol. The molecule has 2 rings (SSSR count). The van der Waals surface area contributed by atoms with Crippen molar-refractivity contribution in [2.24, 2.45) is 0 Å². The van der Waals surface area contributed by atoms with Gasteiger partial charge in [0, 0.05) is 12.7 Å². The van der Waals surface area contributed by atoms with Gasteiger partial charge in [0.15, 0.2) is 0 Å². The summed E-state index contributed by atoms with van der Waals surface area (Å²) in [4.78, 5) is 10.1. The first-order valence-corrected chi connectivity index (χ1v) is 10.9. The third kappa shape index (κ3) is 6.67. The molecule has 5 nitrogen and oxygen atoms in total. The van der Waals surface area contributed by atoms with Crippen LogP contribution in [0.25, 0.3) is 0 Å². The van der Waals surface area contributed by atoms with Crippen LogP contribution in [0.2, 0.25) is 10.0 Å². The molecule has 0 aromatic heterocycles. The number of benzene rings is 2. The van der Waals surface area contributed by atoms with Crippen molar-refractivity contribution in [1.29, 1.82) is 0 Å². The van der Waals surface area contributed by atoms with Crippen LogP contribution in [0.3, 0.4) is 0 Å². The normalized spacial score (nSPS) is 16.0. The molecule has 0 saturated carbocycles. The van der Waals surface area contributed by atoms with Crippen molar-refractivity contribution in [1.82, 2.24) is 5.32 Å². The van der Waals surface area contributed by atoms with Crippen molar-refractivity contribution in [2.75, 3.05) is 19.3 Å². The van der Waals surface area contributed by atoms with Crippen LogP contribution in [0.15, 0.2) is 48.5 Å². The summed E-state index contributed by atoms with van der Waals surface area (Å²) in [6, 6.07) is 13.5. The summed E-state index contributed by atoms with van der Waals surface area (Å²) in [5, 5.41) is 23.4. The van der Waals surface area contributed by atoms with E-state index < -0.39 is 19.5 Å². The smallest absolute Gasteiger partial charge is 0.207 e. The van der Waals surface area contributed by atoms with E-state index in [2.05, 4.69) is 5.32 Å². The molecular formula is C18H22Cl2NO4P. The van der Waals surface area contributed by atoms with Gasteiger partial charge in [0.05, 0.1) is 35.0 Å². The molecule has 0 aliphatic heterocycles. The summed E-state index contributed by atoms with van der Waals surface area (Å²) in [5.41, 5.74) is 1.47. The summed E-state index contributed by atoms with van der Waals surface area (Å²) in [5.74, 6) is 0. The maximum absolute atomic E-state index is 12.3. The topological polar surface area (TPSA) is 89.8 Å². The van der Waals surface area contributed by atoms with Crippen molar-refractivity contribution in [2.45, 2.75) is 18.3 Å². The van der Waals surface area contributed by atoms with Crippen LogP contribution in [0.1, 0.15) is 17.2 Å². The molecule has 0 amide bonds. The van der Waals surface area contributed by atoms with Crippen molar-refractivity contribution in [3.05, 3.63) is 69.7 Å². The Morgan fingerprint density at radius 1 is 1.08 bits per heavy atom. The minimum absolute atomic E-state index is 0.0150. The number of hydrogen-bond donors (Lipinski definition) is 4. The Kier molecular flexibility index (Phi) is 8.11. The highest BCUT2D eigenvalue weighted by molar-refractivity contribution is 7.57. The van der Waals surface area contributed by atoms with Crippen molar-refractivity contribution >= 4 is 30.6 Å². The lowest BCUT2D eigenvalue weighted by Crippen LogP contribution is -2.34. The maximum Gasteiger partial charge on any atom is 0.207 e. The Morgan fingerprint density at radius 3 is 2.38 bits per heavy atom. The van der Waals surface area contributed by atoms with Crippen molar-refractivity contribution in [3.8, 4) is 0 Å². The van der Waals surface area contributed by atoms with Gasteiger partial charge >= 0.3 is 0 Å². The number of aliphatic hydroxyl groups excluding tert-OH is 2. The van der Waals surface area contributed by atoms with Gasteiger partial charge in [-0.15, -0.1) is 0 Å². The average molecular weight is 418 g/mol. The molecule has 0 radical (unpaired) electrons. The second kappa shape index (κ2) is 9.86. The summed E-state index contributed by atoms with van der Waals surface area (Å²) in [7, 11) is -3.52. The van der Waals surface area contributed by atoms with E-state index in [1.165, 1.54) is 0 Å².